The highest BCUT2D eigenvalue weighted by Gasteiger charge is 2.26. The first-order valence-corrected chi connectivity index (χ1v) is 5.96. The van der Waals surface area contributed by atoms with E-state index in [1.54, 1.807) is 0 Å². The molecule has 1 saturated carbocycles. The van der Waals surface area contributed by atoms with Crippen LogP contribution in [-0.4, -0.2) is 61.5 Å². The van der Waals surface area contributed by atoms with Gasteiger partial charge in [-0.2, -0.15) is 0 Å². The van der Waals surface area contributed by atoms with Crippen LogP contribution < -0.4 is 5.32 Å². The molecule has 0 radical (unpaired) electrons. The molecule has 0 unspecified atom stereocenters. The number of carbonyl (C=O) groups excluding carboxylic acids is 1. The summed E-state index contributed by atoms with van der Waals surface area (Å²) in [6.45, 7) is 4.64. The summed E-state index contributed by atoms with van der Waals surface area (Å²) in [7, 11) is 1.95. The van der Waals surface area contributed by atoms with Gasteiger partial charge < -0.3 is 10.2 Å². The Morgan fingerprint density at radius 1 is 1.40 bits per heavy atom. The SMILES string of the molecule is CN(C(=O)CN1CCNCC1)C1CCC1. The van der Waals surface area contributed by atoms with Gasteiger partial charge in [0.05, 0.1) is 6.54 Å². The molecule has 2 fully saturated rings. The Balaban J connectivity index is 1.74. The Labute approximate surface area is 91.6 Å². The summed E-state index contributed by atoms with van der Waals surface area (Å²) in [5.41, 5.74) is 0. The number of hydrogen-bond donors (Lipinski definition) is 1. The zero-order chi connectivity index (χ0) is 10.7. The zero-order valence-electron chi connectivity index (χ0n) is 9.54. The van der Waals surface area contributed by atoms with Crippen molar-refractivity contribution in [3.63, 3.8) is 0 Å². The first kappa shape index (κ1) is 10.9. The van der Waals surface area contributed by atoms with E-state index in [-0.39, 0.29) is 0 Å². The van der Waals surface area contributed by atoms with E-state index in [2.05, 4.69) is 10.2 Å². The summed E-state index contributed by atoms with van der Waals surface area (Å²) in [4.78, 5) is 16.1. The van der Waals surface area contributed by atoms with E-state index in [4.69, 9.17) is 0 Å². The standard InChI is InChI=1S/C11H21N3O/c1-13(10-3-2-4-10)11(15)9-14-7-5-12-6-8-14/h10,12H,2-9H2,1H3. The molecule has 1 N–H and O–H groups in total. The van der Waals surface area contributed by atoms with E-state index in [0.29, 0.717) is 18.5 Å². The summed E-state index contributed by atoms with van der Waals surface area (Å²) in [6.07, 6.45) is 3.68. The molecule has 4 heteroatoms. The van der Waals surface area contributed by atoms with Crippen molar-refractivity contribution in [2.45, 2.75) is 25.3 Å². The van der Waals surface area contributed by atoms with Crippen LogP contribution >= 0.6 is 0 Å². The van der Waals surface area contributed by atoms with Crippen LogP contribution in [0.2, 0.25) is 0 Å². The van der Waals surface area contributed by atoms with E-state index < -0.39 is 0 Å². The lowest BCUT2D eigenvalue weighted by atomic mass is 9.92. The zero-order valence-corrected chi connectivity index (χ0v) is 9.54. The van der Waals surface area contributed by atoms with Crippen LogP contribution in [0.4, 0.5) is 0 Å². The Morgan fingerprint density at radius 3 is 2.60 bits per heavy atom. The molecule has 2 aliphatic rings. The third-order valence-corrected chi connectivity index (χ3v) is 3.58. The highest BCUT2D eigenvalue weighted by atomic mass is 16.2. The molecule has 1 aliphatic heterocycles. The van der Waals surface area contributed by atoms with Gasteiger partial charge in [0, 0.05) is 39.3 Å². The normalized spacial score (nSPS) is 23.5. The van der Waals surface area contributed by atoms with Gasteiger partial charge in [0.15, 0.2) is 0 Å². The Morgan fingerprint density at radius 2 is 2.07 bits per heavy atom. The number of amides is 1. The average Bonchev–Trinajstić information content (AvgIpc) is 2.16. The van der Waals surface area contributed by atoms with E-state index in [1.807, 2.05) is 11.9 Å². The third-order valence-electron chi connectivity index (χ3n) is 3.58. The van der Waals surface area contributed by atoms with E-state index in [0.717, 1.165) is 26.2 Å². The number of hydrogen-bond acceptors (Lipinski definition) is 3. The average molecular weight is 211 g/mol. The van der Waals surface area contributed by atoms with E-state index in [1.165, 1.54) is 19.3 Å². The minimum Gasteiger partial charge on any atom is -0.342 e. The van der Waals surface area contributed by atoms with Gasteiger partial charge in [-0.25, -0.2) is 0 Å². The largest absolute Gasteiger partial charge is 0.342 e. The van der Waals surface area contributed by atoms with Crippen LogP contribution in [0.15, 0.2) is 0 Å². The lowest BCUT2D eigenvalue weighted by Gasteiger charge is -2.36. The number of piperazine rings is 1. The maximum absolute atomic E-state index is 11.9. The molecule has 0 spiro atoms. The van der Waals surface area contributed by atoms with Gasteiger partial charge in [-0.3, -0.25) is 9.69 Å². The van der Waals surface area contributed by atoms with Crippen LogP contribution in [0, 0.1) is 0 Å². The van der Waals surface area contributed by atoms with Gasteiger partial charge in [0.1, 0.15) is 0 Å². The van der Waals surface area contributed by atoms with Crippen molar-refractivity contribution in [3.8, 4) is 0 Å². The van der Waals surface area contributed by atoms with Crippen molar-refractivity contribution < 1.29 is 4.79 Å². The van der Waals surface area contributed by atoms with Gasteiger partial charge in [0.25, 0.3) is 0 Å². The number of nitrogens with zero attached hydrogens (tertiary/aromatic N) is 2. The van der Waals surface area contributed by atoms with Gasteiger partial charge in [-0.1, -0.05) is 0 Å². The molecule has 0 aromatic carbocycles. The maximum atomic E-state index is 11.9. The smallest absolute Gasteiger partial charge is 0.236 e. The molecule has 0 aromatic rings. The van der Waals surface area contributed by atoms with Crippen molar-refractivity contribution in [1.82, 2.24) is 15.1 Å². The second kappa shape index (κ2) is 4.94. The lowest BCUT2D eigenvalue weighted by molar-refractivity contribution is -0.134. The highest BCUT2D eigenvalue weighted by Crippen LogP contribution is 2.23. The fourth-order valence-corrected chi connectivity index (χ4v) is 2.15. The molecule has 15 heavy (non-hydrogen) atoms. The van der Waals surface area contributed by atoms with Crippen molar-refractivity contribution >= 4 is 5.91 Å². The predicted molar refractivity (Wildman–Crippen MR) is 59.7 cm³/mol. The quantitative estimate of drug-likeness (QED) is 0.708. The number of carbonyl (C=O) groups is 1. The maximum Gasteiger partial charge on any atom is 0.236 e. The second-order valence-corrected chi connectivity index (χ2v) is 4.62. The molecule has 2 rings (SSSR count). The molecule has 1 aliphatic carbocycles. The summed E-state index contributed by atoms with van der Waals surface area (Å²) < 4.78 is 0. The predicted octanol–water partition coefficient (Wildman–Crippen LogP) is -0.0975. The van der Waals surface area contributed by atoms with Crippen molar-refractivity contribution in [3.05, 3.63) is 0 Å². The van der Waals surface area contributed by atoms with Crippen LogP contribution in [0.3, 0.4) is 0 Å². The van der Waals surface area contributed by atoms with Crippen molar-refractivity contribution in [1.29, 1.82) is 0 Å². The molecule has 0 atom stereocenters. The summed E-state index contributed by atoms with van der Waals surface area (Å²) in [6, 6.07) is 0.528. The number of rotatable bonds is 3. The van der Waals surface area contributed by atoms with Crippen LogP contribution in [0.5, 0.6) is 0 Å². The van der Waals surface area contributed by atoms with Gasteiger partial charge >= 0.3 is 0 Å². The summed E-state index contributed by atoms with van der Waals surface area (Å²) in [5, 5.41) is 3.30. The van der Waals surface area contributed by atoms with Gasteiger partial charge in [-0.05, 0) is 19.3 Å². The number of likely N-dealkylation sites (N-methyl/N-ethyl adjacent to an activating group) is 1. The van der Waals surface area contributed by atoms with E-state index in [9.17, 15) is 4.79 Å². The molecule has 1 amide bonds. The fourth-order valence-electron chi connectivity index (χ4n) is 2.15. The fraction of sp³-hybridized carbons (Fsp3) is 0.909. The summed E-state index contributed by atoms with van der Waals surface area (Å²) >= 11 is 0. The monoisotopic (exact) mass is 211 g/mol. The Bertz CT molecular complexity index is 222. The molecular formula is C11H21N3O. The third kappa shape index (κ3) is 2.69. The van der Waals surface area contributed by atoms with E-state index >= 15 is 0 Å². The Kier molecular flexibility index (Phi) is 3.59. The second-order valence-electron chi connectivity index (χ2n) is 4.62. The number of nitrogens with one attached hydrogen (secondary N) is 1. The van der Waals surface area contributed by atoms with Gasteiger partial charge in [-0.15, -0.1) is 0 Å². The van der Waals surface area contributed by atoms with Crippen LogP contribution in [0.25, 0.3) is 0 Å². The van der Waals surface area contributed by atoms with Gasteiger partial charge in [0.2, 0.25) is 5.91 Å². The molecule has 0 bridgehead atoms. The van der Waals surface area contributed by atoms with Crippen molar-refractivity contribution in [2.75, 3.05) is 39.8 Å². The first-order valence-electron chi connectivity index (χ1n) is 5.96. The van der Waals surface area contributed by atoms with Crippen LogP contribution in [0.1, 0.15) is 19.3 Å². The van der Waals surface area contributed by atoms with Crippen LogP contribution in [-0.2, 0) is 4.79 Å². The molecular weight excluding hydrogens is 190 g/mol. The molecule has 86 valence electrons. The molecule has 4 nitrogen and oxygen atoms in total. The van der Waals surface area contributed by atoms with Crippen molar-refractivity contribution in [2.24, 2.45) is 0 Å². The topological polar surface area (TPSA) is 35.6 Å². The minimum absolute atomic E-state index is 0.293. The lowest BCUT2D eigenvalue weighted by Crippen LogP contribution is -2.50. The highest BCUT2D eigenvalue weighted by molar-refractivity contribution is 5.78. The first-order chi connectivity index (χ1) is 7.27. The molecule has 0 aromatic heterocycles. The summed E-state index contributed by atoms with van der Waals surface area (Å²) in [5.74, 6) is 0.293. The molecule has 1 saturated heterocycles. The Hall–Kier alpha value is -0.610. The molecule has 1 heterocycles. The minimum atomic E-state index is 0.293.